The zero-order valence-electron chi connectivity index (χ0n) is 17.8. The molecule has 0 heterocycles. The molecule has 0 aromatic carbocycles. The van der Waals surface area contributed by atoms with Gasteiger partial charge in [0.1, 0.15) is 11.8 Å². The second-order valence-corrected chi connectivity index (χ2v) is 7.57. The minimum Gasteiger partial charge on any atom is -0.466 e. The predicted octanol–water partition coefficient (Wildman–Crippen LogP) is 3.95. The van der Waals surface area contributed by atoms with E-state index in [1.807, 2.05) is 6.92 Å². The van der Waals surface area contributed by atoms with Gasteiger partial charge in [-0.1, -0.05) is 38.5 Å². The quantitative estimate of drug-likeness (QED) is 0.333. The largest absolute Gasteiger partial charge is 0.466 e. The fraction of sp³-hybridized carbons (Fsp3) is 0.864. The molecule has 1 saturated carbocycles. The number of esters is 2. The first-order chi connectivity index (χ1) is 13.6. The van der Waals surface area contributed by atoms with Gasteiger partial charge < -0.3 is 14.8 Å². The van der Waals surface area contributed by atoms with Gasteiger partial charge in [0.2, 0.25) is 0 Å². The molecule has 162 valence electrons. The molecule has 0 unspecified atom stereocenters. The highest BCUT2D eigenvalue weighted by Crippen LogP contribution is 2.25. The molecule has 1 N–H and O–H groups in total. The van der Waals surface area contributed by atoms with Crippen LogP contribution in [0.1, 0.15) is 90.9 Å². The van der Waals surface area contributed by atoms with Crippen LogP contribution >= 0.6 is 0 Å². The number of nitrogens with one attached hydrogen (secondary N) is 1. The van der Waals surface area contributed by atoms with Crippen molar-refractivity contribution >= 4 is 17.7 Å². The van der Waals surface area contributed by atoms with Crippen molar-refractivity contribution in [1.82, 2.24) is 5.32 Å². The summed E-state index contributed by atoms with van der Waals surface area (Å²) in [5.41, 5.74) is 0. The van der Waals surface area contributed by atoms with Gasteiger partial charge in [-0.3, -0.25) is 14.4 Å². The van der Waals surface area contributed by atoms with Gasteiger partial charge in [0.05, 0.1) is 13.2 Å². The predicted molar refractivity (Wildman–Crippen MR) is 109 cm³/mol. The van der Waals surface area contributed by atoms with Crippen LogP contribution < -0.4 is 5.32 Å². The van der Waals surface area contributed by atoms with E-state index in [-0.39, 0.29) is 23.9 Å². The van der Waals surface area contributed by atoms with Crippen molar-refractivity contribution in [2.45, 2.75) is 96.9 Å². The normalized spacial score (nSPS) is 15.8. The zero-order valence-corrected chi connectivity index (χ0v) is 17.8. The molecule has 0 aromatic heterocycles. The van der Waals surface area contributed by atoms with Crippen molar-refractivity contribution in [3.05, 3.63) is 0 Å². The molecule has 1 rings (SSSR count). The summed E-state index contributed by atoms with van der Waals surface area (Å²) in [6.45, 7) is 4.92. The van der Waals surface area contributed by atoms with E-state index >= 15 is 0 Å². The number of unbranched alkanes of at least 4 members (excludes halogenated alkanes) is 3. The maximum absolute atomic E-state index is 12.3. The molecule has 0 aromatic rings. The van der Waals surface area contributed by atoms with Gasteiger partial charge in [0.15, 0.2) is 0 Å². The summed E-state index contributed by atoms with van der Waals surface area (Å²) in [7, 11) is 0. The van der Waals surface area contributed by atoms with E-state index in [9.17, 15) is 14.4 Å². The zero-order chi connectivity index (χ0) is 20.6. The number of carbonyl (C=O) groups excluding carboxylic acids is 3. The molecule has 0 radical (unpaired) electrons. The van der Waals surface area contributed by atoms with Crippen LogP contribution in [0.25, 0.3) is 0 Å². The highest BCUT2D eigenvalue weighted by molar-refractivity contribution is 5.81. The molecule has 1 fully saturated rings. The molecule has 0 saturated heterocycles. The first kappa shape index (κ1) is 24.6. The minimum atomic E-state index is -0.357. The van der Waals surface area contributed by atoms with Crippen LogP contribution in [0.15, 0.2) is 0 Å². The number of ketones is 1. The van der Waals surface area contributed by atoms with E-state index < -0.39 is 0 Å². The van der Waals surface area contributed by atoms with Crippen molar-refractivity contribution < 1.29 is 23.9 Å². The Labute approximate surface area is 170 Å². The second kappa shape index (κ2) is 15.5. The van der Waals surface area contributed by atoms with Crippen molar-refractivity contribution in [1.29, 1.82) is 0 Å². The SMILES string of the molecule is CCOC(=O)CCCCCC[C@H](NCCC(=O)C1CCCCC1)C(=O)OCC. The maximum Gasteiger partial charge on any atom is 0.323 e. The van der Waals surface area contributed by atoms with E-state index in [0.717, 1.165) is 51.4 Å². The molecular weight excluding hydrogens is 358 g/mol. The van der Waals surface area contributed by atoms with E-state index in [1.54, 1.807) is 6.92 Å². The number of Topliss-reactive ketones (excluding diaryl/α,β-unsaturated/α-hetero) is 1. The molecule has 1 aliphatic rings. The number of hydrogen-bond donors (Lipinski definition) is 1. The van der Waals surface area contributed by atoms with Gasteiger partial charge in [-0.2, -0.15) is 0 Å². The minimum absolute atomic E-state index is 0.142. The van der Waals surface area contributed by atoms with Crippen molar-refractivity contribution in [2.75, 3.05) is 19.8 Å². The van der Waals surface area contributed by atoms with Gasteiger partial charge in [-0.15, -0.1) is 0 Å². The molecule has 0 bridgehead atoms. The van der Waals surface area contributed by atoms with E-state index in [2.05, 4.69) is 5.32 Å². The lowest BCUT2D eigenvalue weighted by molar-refractivity contribution is -0.146. The topological polar surface area (TPSA) is 81.7 Å². The Morgan fingerprint density at radius 3 is 2.25 bits per heavy atom. The third-order valence-corrected chi connectivity index (χ3v) is 5.32. The number of rotatable bonds is 15. The van der Waals surface area contributed by atoms with Crippen LogP contribution in [0.3, 0.4) is 0 Å². The van der Waals surface area contributed by atoms with Gasteiger partial charge in [-0.05, 0) is 39.5 Å². The first-order valence-corrected chi connectivity index (χ1v) is 11.2. The Balaban J connectivity index is 2.24. The average Bonchev–Trinajstić information content (AvgIpc) is 2.70. The molecule has 1 aliphatic carbocycles. The van der Waals surface area contributed by atoms with E-state index in [0.29, 0.717) is 44.8 Å². The van der Waals surface area contributed by atoms with Gasteiger partial charge in [0.25, 0.3) is 0 Å². The Morgan fingerprint density at radius 2 is 1.57 bits per heavy atom. The fourth-order valence-corrected chi connectivity index (χ4v) is 3.75. The third kappa shape index (κ3) is 10.8. The van der Waals surface area contributed by atoms with Gasteiger partial charge in [0, 0.05) is 25.3 Å². The molecule has 0 amide bonds. The number of carbonyl (C=O) groups is 3. The smallest absolute Gasteiger partial charge is 0.323 e. The Kier molecular flexibility index (Phi) is 13.6. The first-order valence-electron chi connectivity index (χ1n) is 11.2. The van der Waals surface area contributed by atoms with E-state index in [4.69, 9.17) is 9.47 Å². The van der Waals surface area contributed by atoms with Crippen LogP contribution in [-0.2, 0) is 23.9 Å². The summed E-state index contributed by atoms with van der Waals surface area (Å²) >= 11 is 0. The third-order valence-electron chi connectivity index (χ3n) is 5.32. The summed E-state index contributed by atoms with van der Waals surface area (Å²) in [4.78, 5) is 35.8. The molecule has 6 nitrogen and oxygen atoms in total. The van der Waals surface area contributed by atoms with Crippen LogP contribution in [0.5, 0.6) is 0 Å². The summed E-state index contributed by atoms with van der Waals surface area (Å²) in [5.74, 6) is 0.167. The number of ether oxygens (including phenoxy) is 2. The fourth-order valence-electron chi connectivity index (χ4n) is 3.75. The molecule has 0 spiro atoms. The van der Waals surface area contributed by atoms with Crippen molar-refractivity contribution in [2.24, 2.45) is 5.92 Å². The van der Waals surface area contributed by atoms with Gasteiger partial charge >= 0.3 is 11.9 Å². The highest BCUT2D eigenvalue weighted by Gasteiger charge is 2.22. The van der Waals surface area contributed by atoms with E-state index in [1.165, 1.54) is 6.42 Å². The van der Waals surface area contributed by atoms with Crippen LogP contribution in [0, 0.1) is 5.92 Å². The monoisotopic (exact) mass is 397 g/mol. The summed E-state index contributed by atoms with van der Waals surface area (Å²) in [6, 6.07) is -0.357. The average molecular weight is 398 g/mol. The Morgan fingerprint density at radius 1 is 0.893 bits per heavy atom. The Hall–Kier alpha value is -1.43. The van der Waals surface area contributed by atoms with Gasteiger partial charge in [-0.25, -0.2) is 0 Å². The Bertz CT molecular complexity index is 460. The lowest BCUT2D eigenvalue weighted by atomic mass is 9.85. The molecule has 6 heteroatoms. The van der Waals surface area contributed by atoms with Crippen LogP contribution in [0.4, 0.5) is 0 Å². The molecule has 28 heavy (non-hydrogen) atoms. The summed E-state index contributed by atoms with van der Waals surface area (Å²) in [5, 5.41) is 3.23. The van der Waals surface area contributed by atoms with Crippen LogP contribution in [0.2, 0.25) is 0 Å². The number of hydrogen-bond acceptors (Lipinski definition) is 6. The van der Waals surface area contributed by atoms with Crippen LogP contribution in [-0.4, -0.2) is 43.5 Å². The summed E-state index contributed by atoms with van der Waals surface area (Å²) < 4.78 is 10.1. The van der Waals surface area contributed by atoms with Crippen molar-refractivity contribution in [3.8, 4) is 0 Å². The second-order valence-electron chi connectivity index (χ2n) is 7.57. The standard InChI is InChI=1S/C22H39NO5/c1-3-27-21(25)15-11-6-5-10-14-19(22(26)28-4-2)23-17-16-20(24)18-12-8-7-9-13-18/h18-19,23H,3-17H2,1-2H3/t19-/m0/s1. The molecular formula is C22H39NO5. The maximum atomic E-state index is 12.3. The molecule has 1 atom stereocenters. The lowest BCUT2D eigenvalue weighted by Gasteiger charge is -2.21. The highest BCUT2D eigenvalue weighted by atomic mass is 16.5. The van der Waals surface area contributed by atoms with Crippen molar-refractivity contribution in [3.63, 3.8) is 0 Å². The lowest BCUT2D eigenvalue weighted by Crippen LogP contribution is -2.39. The summed E-state index contributed by atoms with van der Waals surface area (Å²) in [6.07, 6.45) is 10.8. The molecule has 0 aliphatic heterocycles.